The van der Waals surface area contributed by atoms with E-state index in [1.807, 2.05) is 37.8 Å². The van der Waals surface area contributed by atoms with Crippen LogP contribution < -0.4 is 5.32 Å². The molecule has 0 saturated heterocycles. The van der Waals surface area contributed by atoms with E-state index in [1.54, 1.807) is 17.1 Å². The molecule has 0 aliphatic carbocycles. The molecule has 0 aliphatic rings. The summed E-state index contributed by atoms with van der Waals surface area (Å²) in [6.45, 7) is 8.53. The molecule has 5 nitrogen and oxygen atoms in total. The number of aromatic nitrogens is 4. The Morgan fingerprint density at radius 2 is 2.25 bits per heavy atom. The highest BCUT2D eigenvalue weighted by molar-refractivity contribution is 7.99. The van der Waals surface area contributed by atoms with E-state index >= 15 is 0 Å². The third-order valence-electron chi connectivity index (χ3n) is 2.64. The summed E-state index contributed by atoms with van der Waals surface area (Å²) in [5.41, 5.74) is 2.03. The zero-order valence-electron chi connectivity index (χ0n) is 11.8. The summed E-state index contributed by atoms with van der Waals surface area (Å²) in [6, 6.07) is 2.02. The summed E-state index contributed by atoms with van der Waals surface area (Å²) in [6.07, 6.45) is 5.36. The summed E-state index contributed by atoms with van der Waals surface area (Å²) in [5, 5.41) is 7.68. The first-order valence-electron chi connectivity index (χ1n) is 6.49. The van der Waals surface area contributed by atoms with Crippen LogP contribution in [0.3, 0.4) is 0 Å². The summed E-state index contributed by atoms with van der Waals surface area (Å²) in [7, 11) is 0. The largest absolute Gasteiger partial charge is 0.368 e. The van der Waals surface area contributed by atoms with Crippen LogP contribution in [0, 0.1) is 13.8 Å². The standard InChI is InChI=1S/C14H19N5S/c1-4-6-20-7-5-16-13-9-15-10-14(17-13)19-12(3)8-11(2)18-19/h4,8-10H,1,5-7H2,2-3H3,(H,16,17). The van der Waals surface area contributed by atoms with E-state index < -0.39 is 0 Å². The number of thioether (sulfide) groups is 1. The lowest BCUT2D eigenvalue weighted by molar-refractivity contribution is 0.799. The molecule has 0 aliphatic heterocycles. The molecule has 0 spiro atoms. The fraction of sp³-hybridized carbons (Fsp3) is 0.357. The molecule has 0 amide bonds. The maximum absolute atomic E-state index is 4.53. The lowest BCUT2D eigenvalue weighted by atomic mass is 10.4. The minimum absolute atomic E-state index is 0.736. The zero-order valence-corrected chi connectivity index (χ0v) is 12.7. The Morgan fingerprint density at radius 3 is 2.95 bits per heavy atom. The van der Waals surface area contributed by atoms with Crippen LogP contribution in [0.5, 0.6) is 0 Å². The van der Waals surface area contributed by atoms with Gasteiger partial charge in [-0.2, -0.15) is 16.9 Å². The van der Waals surface area contributed by atoms with Crippen molar-refractivity contribution in [3.05, 3.63) is 42.5 Å². The molecule has 20 heavy (non-hydrogen) atoms. The van der Waals surface area contributed by atoms with Gasteiger partial charge in [-0.15, -0.1) is 6.58 Å². The van der Waals surface area contributed by atoms with E-state index in [9.17, 15) is 0 Å². The number of nitrogens with zero attached hydrogens (tertiary/aromatic N) is 4. The molecule has 2 aromatic rings. The highest BCUT2D eigenvalue weighted by atomic mass is 32.2. The van der Waals surface area contributed by atoms with Crippen molar-refractivity contribution < 1.29 is 0 Å². The maximum Gasteiger partial charge on any atom is 0.174 e. The van der Waals surface area contributed by atoms with Gasteiger partial charge in [0.1, 0.15) is 5.82 Å². The second-order valence-corrected chi connectivity index (χ2v) is 5.54. The SMILES string of the molecule is C=CCSCCNc1cncc(-n2nc(C)cc2C)n1. The lowest BCUT2D eigenvalue weighted by Gasteiger charge is -2.07. The molecule has 1 N–H and O–H groups in total. The quantitative estimate of drug-likeness (QED) is 0.627. The van der Waals surface area contributed by atoms with Crippen LogP contribution in [0.1, 0.15) is 11.4 Å². The molecule has 106 valence electrons. The Bertz CT molecular complexity index is 579. The fourth-order valence-corrected chi connectivity index (χ4v) is 2.40. The molecule has 6 heteroatoms. The smallest absolute Gasteiger partial charge is 0.174 e. The van der Waals surface area contributed by atoms with Crippen molar-refractivity contribution in [3.63, 3.8) is 0 Å². The van der Waals surface area contributed by atoms with Crippen LogP contribution in [0.15, 0.2) is 31.1 Å². The minimum Gasteiger partial charge on any atom is -0.368 e. The average Bonchev–Trinajstić information content (AvgIpc) is 2.78. The Hall–Kier alpha value is -1.82. The molecule has 0 saturated carbocycles. The summed E-state index contributed by atoms with van der Waals surface area (Å²) < 4.78 is 1.81. The second-order valence-electron chi connectivity index (χ2n) is 4.39. The van der Waals surface area contributed by atoms with Crippen molar-refractivity contribution in [3.8, 4) is 5.82 Å². The van der Waals surface area contributed by atoms with E-state index in [4.69, 9.17) is 0 Å². The van der Waals surface area contributed by atoms with Crippen LogP contribution in [0.4, 0.5) is 5.82 Å². The molecule has 0 bridgehead atoms. The molecule has 2 heterocycles. The van der Waals surface area contributed by atoms with Crippen LogP contribution in [-0.2, 0) is 0 Å². The second kappa shape index (κ2) is 7.09. The summed E-state index contributed by atoms with van der Waals surface area (Å²) >= 11 is 1.83. The number of aryl methyl sites for hydroxylation is 2. The van der Waals surface area contributed by atoms with Gasteiger partial charge in [-0.25, -0.2) is 9.67 Å². The number of rotatable bonds is 7. The van der Waals surface area contributed by atoms with Gasteiger partial charge in [0.05, 0.1) is 18.1 Å². The van der Waals surface area contributed by atoms with Crippen LogP contribution in [0.25, 0.3) is 5.82 Å². The topological polar surface area (TPSA) is 55.6 Å². The third kappa shape index (κ3) is 3.84. The molecule has 0 aromatic carbocycles. The van der Waals surface area contributed by atoms with E-state index in [0.717, 1.165) is 41.1 Å². The fourth-order valence-electron chi connectivity index (χ4n) is 1.82. The van der Waals surface area contributed by atoms with Gasteiger partial charge in [-0.3, -0.25) is 4.98 Å². The van der Waals surface area contributed by atoms with E-state index in [0.29, 0.717) is 0 Å². The molecule has 2 rings (SSSR count). The van der Waals surface area contributed by atoms with Crippen molar-refractivity contribution in [1.29, 1.82) is 0 Å². The molecule has 0 radical (unpaired) electrons. The molecule has 2 aromatic heterocycles. The first kappa shape index (κ1) is 14.6. The predicted molar refractivity (Wildman–Crippen MR) is 84.6 cm³/mol. The van der Waals surface area contributed by atoms with Crippen molar-refractivity contribution in [2.75, 3.05) is 23.4 Å². The van der Waals surface area contributed by atoms with Gasteiger partial charge in [-0.1, -0.05) is 6.08 Å². The van der Waals surface area contributed by atoms with Crippen molar-refractivity contribution in [2.45, 2.75) is 13.8 Å². The Kier molecular flexibility index (Phi) is 5.17. The highest BCUT2D eigenvalue weighted by Crippen LogP contribution is 2.11. The Morgan fingerprint density at radius 1 is 1.40 bits per heavy atom. The number of hydrogen-bond donors (Lipinski definition) is 1. The van der Waals surface area contributed by atoms with Gasteiger partial charge >= 0.3 is 0 Å². The van der Waals surface area contributed by atoms with Crippen LogP contribution in [0.2, 0.25) is 0 Å². The monoisotopic (exact) mass is 289 g/mol. The van der Waals surface area contributed by atoms with Gasteiger partial charge in [0.25, 0.3) is 0 Å². The van der Waals surface area contributed by atoms with E-state index in [2.05, 4.69) is 27.0 Å². The van der Waals surface area contributed by atoms with Gasteiger partial charge in [0, 0.05) is 23.7 Å². The predicted octanol–water partition coefficient (Wildman–Crippen LogP) is 2.61. The highest BCUT2D eigenvalue weighted by Gasteiger charge is 2.06. The normalized spacial score (nSPS) is 10.5. The third-order valence-corrected chi connectivity index (χ3v) is 3.60. The van der Waals surface area contributed by atoms with Gasteiger partial charge in [0.15, 0.2) is 5.82 Å². The molecular formula is C14H19N5S. The molecule has 0 unspecified atom stereocenters. The van der Waals surface area contributed by atoms with Crippen molar-refractivity contribution >= 4 is 17.6 Å². The first-order chi connectivity index (χ1) is 9.70. The molecular weight excluding hydrogens is 270 g/mol. The number of anilines is 1. The minimum atomic E-state index is 0.736. The number of nitrogens with one attached hydrogen (secondary N) is 1. The Labute approximate surface area is 123 Å². The van der Waals surface area contributed by atoms with Crippen LogP contribution in [-0.4, -0.2) is 37.8 Å². The lowest BCUT2D eigenvalue weighted by Crippen LogP contribution is -2.09. The van der Waals surface area contributed by atoms with Crippen LogP contribution >= 0.6 is 11.8 Å². The maximum atomic E-state index is 4.53. The molecule has 0 atom stereocenters. The van der Waals surface area contributed by atoms with E-state index in [1.165, 1.54) is 0 Å². The Balaban J connectivity index is 2.01. The van der Waals surface area contributed by atoms with Crippen molar-refractivity contribution in [1.82, 2.24) is 19.7 Å². The first-order valence-corrected chi connectivity index (χ1v) is 7.64. The average molecular weight is 289 g/mol. The van der Waals surface area contributed by atoms with Gasteiger partial charge in [0.2, 0.25) is 0 Å². The van der Waals surface area contributed by atoms with E-state index in [-0.39, 0.29) is 0 Å². The summed E-state index contributed by atoms with van der Waals surface area (Å²) in [5.74, 6) is 3.49. The number of hydrogen-bond acceptors (Lipinski definition) is 5. The van der Waals surface area contributed by atoms with Gasteiger partial charge in [-0.05, 0) is 19.9 Å². The van der Waals surface area contributed by atoms with Gasteiger partial charge < -0.3 is 5.32 Å². The molecule has 0 fully saturated rings. The van der Waals surface area contributed by atoms with Crippen molar-refractivity contribution in [2.24, 2.45) is 0 Å². The summed E-state index contributed by atoms with van der Waals surface area (Å²) in [4.78, 5) is 8.75. The zero-order chi connectivity index (χ0) is 14.4.